The molecule has 0 aliphatic carbocycles. The highest BCUT2D eigenvalue weighted by molar-refractivity contribution is 5.04. The zero-order valence-electron chi connectivity index (χ0n) is 8.03. The van der Waals surface area contributed by atoms with Crippen LogP contribution >= 0.6 is 0 Å². The van der Waals surface area contributed by atoms with Gasteiger partial charge in [0.2, 0.25) is 5.88 Å². The summed E-state index contributed by atoms with van der Waals surface area (Å²) in [6.45, 7) is 5.67. The van der Waals surface area contributed by atoms with Crippen LogP contribution in [0.3, 0.4) is 0 Å². The van der Waals surface area contributed by atoms with Crippen LogP contribution in [0.2, 0.25) is 0 Å². The van der Waals surface area contributed by atoms with Gasteiger partial charge in [0.25, 0.3) is 0 Å². The summed E-state index contributed by atoms with van der Waals surface area (Å²) < 4.78 is 5.34. The maximum Gasteiger partial charge on any atom is 0.216 e. The van der Waals surface area contributed by atoms with Crippen LogP contribution < -0.4 is 10.1 Å². The molecular formula is C9H15N3O. The minimum atomic E-state index is 0.494. The Kier molecular flexibility index (Phi) is 4.18. The molecule has 1 aromatic heterocycles. The van der Waals surface area contributed by atoms with Gasteiger partial charge in [-0.3, -0.25) is 0 Å². The molecule has 0 radical (unpaired) electrons. The first-order chi connectivity index (χ1) is 6.29. The second kappa shape index (κ2) is 5.48. The first kappa shape index (κ1) is 9.92. The van der Waals surface area contributed by atoms with Crippen molar-refractivity contribution in [3.05, 3.63) is 18.6 Å². The van der Waals surface area contributed by atoms with Crippen molar-refractivity contribution >= 4 is 0 Å². The average Bonchev–Trinajstić information content (AvgIpc) is 2.14. The number of aromatic nitrogens is 2. The molecule has 0 fully saturated rings. The van der Waals surface area contributed by atoms with E-state index in [4.69, 9.17) is 4.74 Å². The standard InChI is InChI=1S/C9H15N3O/c1-8(2)11-5-6-13-9-3-4-10-7-12-9/h3-4,7-8,11H,5-6H2,1-2H3. The normalized spacial score (nSPS) is 10.4. The van der Waals surface area contributed by atoms with E-state index in [1.54, 1.807) is 12.3 Å². The third-order valence-electron chi connectivity index (χ3n) is 1.46. The van der Waals surface area contributed by atoms with E-state index in [2.05, 4.69) is 29.1 Å². The first-order valence-corrected chi connectivity index (χ1v) is 4.41. The van der Waals surface area contributed by atoms with Crippen molar-refractivity contribution in [2.24, 2.45) is 0 Å². The van der Waals surface area contributed by atoms with Gasteiger partial charge in [-0.1, -0.05) is 13.8 Å². The summed E-state index contributed by atoms with van der Waals surface area (Å²) >= 11 is 0. The van der Waals surface area contributed by atoms with Crippen LogP contribution in [0.4, 0.5) is 0 Å². The third-order valence-corrected chi connectivity index (χ3v) is 1.46. The fourth-order valence-corrected chi connectivity index (χ4v) is 0.867. The molecule has 4 nitrogen and oxygen atoms in total. The lowest BCUT2D eigenvalue weighted by Crippen LogP contribution is -2.27. The SMILES string of the molecule is CC(C)NCCOc1ccncn1. The van der Waals surface area contributed by atoms with E-state index in [-0.39, 0.29) is 0 Å². The molecule has 1 heterocycles. The summed E-state index contributed by atoms with van der Waals surface area (Å²) in [4.78, 5) is 7.73. The van der Waals surface area contributed by atoms with Crippen molar-refractivity contribution in [2.75, 3.05) is 13.2 Å². The number of nitrogens with one attached hydrogen (secondary N) is 1. The fraction of sp³-hybridized carbons (Fsp3) is 0.556. The summed E-state index contributed by atoms with van der Waals surface area (Å²) in [5.74, 6) is 0.626. The molecule has 0 saturated carbocycles. The largest absolute Gasteiger partial charge is 0.476 e. The van der Waals surface area contributed by atoms with Gasteiger partial charge in [0.1, 0.15) is 12.9 Å². The Hall–Kier alpha value is -1.16. The minimum absolute atomic E-state index is 0.494. The highest BCUT2D eigenvalue weighted by Crippen LogP contribution is 2.00. The minimum Gasteiger partial charge on any atom is -0.476 e. The molecule has 0 aromatic carbocycles. The van der Waals surface area contributed by atoms with Gasteiger partial charge in [-0.05, 0) is 0 Å². The molecule has 1 N–H and O–H groups in total. The van der Waals surface area contributed by atoms with Crippen LogP contribution in [0, 0.1) is 0 Å². The molecule has 0 aliphatic heterocycles. The molecule has 0 bridgehead atoms. The van der Waals surface area contributed by atoms with Crippen molar-refractivity contribution < 1.29 is 4.74 Å². The number of nitrogens with zero attached hydrogens (tertiary/aromatic N) is 2. The van der Waals surface area contributed by atoms with Crippen LogP contribution in [0.25, 0.3) is 0 Å². The smallest absolute Gasteiger partial charge is 0.216 e. The fourth-order valence-electron chi connectivity index (χ4n) is 0.867. The van der Waals surface area contributed by atoms with Crippen LogP contribution in [0.5, 0.6) is 5.88 Å². The predicted octanol–water partition coefficient (Wildman–Crippen LogP) is 0.853. The van der Waals surface area contributed by atoms with E-state index in [9.17, 15) is 0 Å². The second-order valence-corrected chi connectivity index (χ2v) is 3.00. The van der Waals surface area contributed by atoms with Gasteiger partial charge in [-0.25, -0.2) is 9.97 Å². The monoisotopic (exact) mass is 181 g/mol. The summed E-state index contributed by atoms with van der Waals surface area (Å²) in [7, 11) is 0. The number of rotatable bonds is 5. The van der Waals surface area contributed by atoms with Crippen LogP contribution in [0.1, 0.15) is 13.8 Å². The number of ether oxygens (including phenoxy) is 1. The first-order valence-electron chi connectivity index (χ1n) is 4.41. The van der Waals surface area contributed by atoms with Crippen molar-refractivity contribution in [1.29, 1.82) is 0 Å². The van der Waals surface area contributed by atoms with E-state index in [1.165, 1.54) is 6.33 Å². The summed E-state index contributed by atoms with van der Waals surface area (Å²) in [5.41, 5.74) is 0. The summed E-state index contributed by atoms with van der Waals surface area (Å²) in [6.07, 6.45) is 3.14. The van der Waals surface area contributed by atoms with E-state index in [0.29, 0.717) is 18.5 Å². The second-order valence-electron chi connectivity index (χ2n) is 3.00. The zero-order valence-corrected chi connectivity index (χ0v) is 8.03. The molecule has 0 unspecified atom stereocenters. The Morgan fingerprint density at radius 1 is 1.54 bits per heavy atom. The molecule has 0 aliphatic rings. The lowest BCUT2D eigenvalue weighted by molar-refractivity contribution is 0.297. The van der Waals surface area contributed by atoms with Gasteiger partial charge in [-0.2, -0.15) is 0 Å². The van der Waals surface area contributed by atoms with Gasteiger partial charge in [0, 0.05) is 24.8 Å². The van der Waals surface area contributed by atoms with Crippen molar-refractivity contribution in [2.45, 2.75) is 19.9 Å². The molecular weight excluding hydrogens is 166 g/mol. The molecule has 0 spiro atoms. The predicted molar refractivity (Wildman–Crippen MR) is 50.7 cm³/mol. The molecule has 0 amide bonds. The van der Waals surface area contributed by atoms with Crippen molar-refractivity contribution in [3.8, 4) is 5.88 Å². The molecule has 0 saturated heterocycles. The van der Waals surface area contributed by atoms with E-state index < -0.39 is 0 Å². The highest BCUT2D eigenvalue weighted by atomic mass is 16.5. The number of hydrogen-bond acceptors (Lipinski definition) is 4. The topological polar surface area (TPSA) is 47.0 Å². The van der Waals surface area contributed by atoms with Crippen molar-refractivity contribution in [1.82, 2.24) is 15.3 Å². The van der Waals surface area contributed by atoms with Gasteiger partial charge in [0.15, 0.2) is 0 Å². The van der Waals surface area contributed by atoms with Gasteiger partial charge >= 0.3 is 0 Å². The average molecular weight is 181 g/mol. The Bertz CT molecular complexity index is 226. The molecule has 0 atom stereocenters. The molecule has 1 aromatic rings. The summed E-state index contributed by atoms with van der Waals surface area (Å²) in [6, 6.07) is 2.24. The van der Waals surface area contributed by atoms with Gasteiger partial charge < -0.3 is 10.1 Å². The van der Waals surface area contributed by atoms with Gasteiger partial charge in [-0.15, -0.1) is 0 Å². The quantitative estimate of drug-likeness (QED) is 0.684. The molecule has 1 rings (SSSR count). The van der Waals surface area contributed by atoms with Gasteiger partial charge in [0.05, 0.1) is 0 Å². The Morgan fingerprint density at radius 3 is 3.00 bits per heavy atom. The zero-order chi connectivity index (χ0) is 9.52. The van der Waals surface area contributed by atoms with Crippen LogP contribution in [0.15, 0.2) is 18.6 Å². The summed E-state index contributed by atoms with van der Waals surface area (Å²) in [5, 5.41) is 3.25. The Balaban J connectivity index is 2.13. The van der Waals surface area contributed by atoms with Crippen LogP contribution in [-0.2, 0) is 0 Å². The Morgan fingerprint density at radius 2 is 2.38 bits per heavy atom. The van der Waals surface area contributed by atoms with E-state index in [1.807, 2.05) is 0 Å². The maximum atomic E-state index is 5.34. The lowest BCUT2D eigenvalue weighted by Gasteiger charge is -2.08. The van der Waals surface area contributed by atoms with Crippen molar-refractivity contribution in [3.63, 3.8) is 0 Å². The lowest BCUT2D eigenvalue weighted by atomic mass is 10.4. The van der Waals surface area contributed by atoms with E-state index in [0.717, 1.165) is 6.54 Å². The van der Waals surface area contributed by atoms with Crippen LogP contribution in [-0.4, -0.2) is 29.2 Å². The van der Waals surface area contributed by atoms with E-state index >= 15 is 0 Å². The molecule has 72 valence electrons. The third kappa shape index (κ3) is 4.42. The molecule has 13 heavy (non-hydrogen) atoms. The highest BCUT2D eigenvalue weighted by Gasteiger charge is 1.94. The Labute approximate surface area is 78.4 Å². The number of hydrogen-bond donors (Lipinski definition) is 1. The molecule has 4 heteroatoms. The maximum absolute atomic E-state index is 5.34.